The summed E-state index contributed by atoms with van der Waals surface area (Å²) >= 11 is 0. The first-order chi connectivity index (χ1) is 24.8. The monoisotopic (exact) mass is 636 g/mol. The van der Waals surface area contributed by atoms with Gasteiger partial charge in [-0.05, 0) is 69.8 Å². The highest BCUT2D eigenvalue weighted by Crippen LogP contribution is 2.42. The Morgan fingerprint density at radius 1 is 0.300 bits per heavy atom. The third kappa shape index (κ3) is 4.36. The molecule has 2 heterocycles. The molecule has 0 saturated carbocycles. The summed E-state index contributed by atoms with van der Waals surface area (Å²) in [5.74, 6) is 0. The molecule has 2 nitrogen and oxygen atoms in total. The molecular formula is C48H32N2. The van der Waals surface area contributed by atoms with E-state index in [4.69, 9.17) is 0 Å². The van der Waals surface area contributed by atoms with Gasteiger partial charge in [0.05, 0.1) is 27.8 Å². The summed E-state index contributed by atoms with van der Waals surface area (Å²) in [7, 11) is 0. The van der Waals surface area contributed by atoms with Gasteiger partial charge in [0.2, 0.25) is 0 Å². The van der Waals surface area contributed by atoms with Crippen molar-refractivity contribution in [2.24, 2.45) is 0 Å². The van der Waals surface area contributed by atoms with E-state index in [9.17, 15) is 0 Å². The summed E-state index contributed by atoms with van der Waals surface area (Å²) in [5, 5.41) is 5.00. The standard InChI is InChI=1S/C48H32N2/c1-3-16-33(17-4-1)37-22-7-8-23-38(37)35-20-13-21-36(32-35)49-43-28-11-9-24-40(43)41-27-15-31-46(48(41)49)50-44-29-12-10-25-42(44)47-39(26-14-30-45(47)50)34-18-5-2-6-19-34/h1-32H. The minimum absolute atomic E-state index is 1.13. The first kappa shape index (κ1) is 28.4. The van der Waals surface area contributed by atoms with Gasteiger partial charge in [-0.1, -0.05) is 158 Å². The molecule has 0 atom stereocenters. The van der Waals surface area contributed by atoms with Crippen molar-refractivity contribution in [2.45, 2.75) is 0 Å². The third-order valence-corrected chi connectivity index (χ3v) is 10.1. The van der Waals surface area contributed by atoms with E-state index in [0.717, 1.165) is 11.4 Å². The van der Waals surface area contributed by atoms with Crippen LogP contribution < -0.4 is 0 Å². The Morgan fingerprint density at radius 2 is 0.800 bits per heavy atom. The van der Waals surface area contributed by atoms with E-state index in [1.807, 2.05) is 0 Å². The first-order valence-electron chi connectivity index (χ1n) is 17.2. The average Bonchev–Trinajstić information content (AvgIpc) is 3.72. The highest BCUT2D eigenvalue weighted by molar-refractivity contribution is 6.18. The van der Waals surface area contributed by atoms with E-state index < -0.39 is 0 Å². The molecule has 0 amide bonds. The number of hydrogen-bond acceptors (Lipinski definition) is 0. The lowest BCUT2D eigenvalue weighted by Gasteiger charge is -2.16. The van der Waals surface area contributed by atoms with Crippen molar-refractivity contribution < 1.29 is 0 Å². The predicted octanol–water partition coefficient (Wildman–Crippen LogP) is 12.9. The predicted molar refractivity (Wildman–Crippen MR) is 211 cm³/mol. The zero-order valence-electron chi connectivity index (χ0n) is 27.4. The molecule has 0 aliphatic heterocycles. The number of rotatable bonds is 5. The maximum absolute atomic E-state index is 2.48. The largest absolute Gasteiger partial charge is 0.307 e. The fourth-order valence-electron chi connectivity index (χ4n) is 8.00. The van der Waals surface area contributed by atoms with Crippen molar-refractivity contribution in [1.82, 2.24) is 9.13 Å². The summed E-state index contributed by atoms with van der Waals surface area (Å²) in [4.78, 5) is 0. The topological polar surface area (TPSA) is 9.86 Å². The Kier molecular flexibility index (Phi) is 6.53. The molecule has 2 aromatic heterocycles. The SMILES string of the molecule is c1ccc(-c2ccccc2-c2cccc(-n3c4ccccc4c4cccc(-n5c6ccccc6c6c(-c7ccccc7)cccc65)c43)c2)cc1. The number of benzene rings is 8. The summed E-state index contributed by atoms with van der Waals surface area (Å²) < 4.78 is 4.94. The molecule has 0 N–H and O–H groups in total. The molecule has 0 unspecified atom stereocenters. The van der Waals surface area contributed by atoms with Crippen LogP contribution in [0.1, 0.15) is 0 Å². The molecule has 10 rings (SSSR count). The Balaban J connectivity index is 1.27. The van der Waals surface area contributed by atoms with Crippen molar-refractivity contribution >= 4 is 43.6 Å². The molecular weight excluding hydrogens is 605 g/mol. The van der Waals surface area contributed by atoms with E-state index in [1.165, 1.54) is 77.0 Å². The zero-order valence-corrected chi connectivity index (χ0v) is 27.4. The fourth-order valence-corrected chi connectivity index (χ4v) is 8.00. The summed E-state index contributed by atoms with van der Waals surface area (Å²) in [6.07, 6.45) is 0. The van der Waals surface area contributed by atoms with E-state index >= 15 is 0 Å². The van der Waals surface area contributed by atoms with Gasteiger partial charge in [-0.3, -0.25) is 0 Å². The van der Waals surface area contributed by atoms with Gasteiger partial charge in [0.25, 0.3) is 0 Å². The van der Waals surface area contributed by atoms with Crippen LogP contribution in [0, 0.1) is 0 Å². The Hall–Kier alpha value is -6.64. The van der Waals surface area contributed by atoms with Crippen LogP contribution >= 0.6 is 0 Å². The lowest BCUT2D eigenvalue weighted by Crippen LogP contribution is -2.01. The summed E-state index contributed by atoms with van der Waals surface area (Å²) in [6.45, 7) is 0. The quantitative estimate of drug-likeness (QED) is 0.178. The van der Waals surface area contributed by atoms with Crippen molar-refractivity contribution in [2.75, 3.05) is 0 Å². The third-order valence-electron chi connectivity index (χ3n) is 10.1. The minimum Gasteiger partial charge on any atom is -0.307 e. The highest BCUT2D eigenvalue weighted by Gasteiger charge is 2.21. The van der Waals surface area contributed by atoms with Gasteiger partial charge in [0.1, 0.15) is 0 Å². The van der Waals surface area contributed by atoms with E-state index in [-0.39, 0.29) is 0 Å². The molecule has 0 fully saturated rings. The zero-order chi connectivity index (χ0) is 33.0. The van der Waals surface area contributed by atoms with Crippen LogP contribution in [0.5, 0.6) is 0 Å². The number of hydrogen-bond donors (Lipinski definition) is 0. The fraction of sp³-hybridized carbons (Fsp3) is 0. The molecule has 0 aliphatic rings. The highest BCUT2D eigenvalue weighted by atomic mass is 15.1. The molecule has 234 valence electrons. The molecule has 0 aliphatic carbocycles. The van der Waals surface area contributed by atoms with Crippen LogP contribution in [-0.4, -0.2) is 9.13 Å². The Labute approximate surface area is 290 Å². The normalized spacial score (nSPS) is 11.6. The summed E-state index contributed by atoms with van der Waals surface area (Å²) in [5.41, 5.74) is 14.4. The molecule has 0 bridgehead atoms. The molecule has 0 radical (unpaired) electrons. The smallest absolute Gasteiger partial charge is 0.0782 e. The van der Waals surface area contributed by atoms with Crippen LogP contribution in [0.4, 0.5) is 0 Å². The van der Waals surface area contributed by atoms with Crippen LogP contribution in [0.2, 0.25) is 0 Å². The van der Waals surface area contributed by atoms with Gasteiger partial charge in [-0.15, -0.1) is 0 Å². The molecule has 0 saturated heterocycles. The van der Waals surface area contributed by atoms with Crippen molar-refractivity contribution in [3.63, 3.8) is 0 Å². The Bertz CT molecular complexity index is 2860. The molecule has 8 aromatic carbocycles. The van der Waals surface area contributed by atoms with Gasteiger partial charge in [0.15, 0.2) is 0 Å². The maximum atomic E-state index is 2.48. The van der Waals surface area contributed by atoms with Gasteiger partial charge in [-0.25, -0.2) is 0 Å². The van der Waals surface area contributed by atoms with Crippen molar-refractivity contribution in [1.29, 1.82) is 0 Å². The molecule has 10 aromatic rings. The maximum Gasteiger partial charge on any atom is 0.0782 e. The molecule has 0 spiro atoms. The van der Waals surface area contributed by atoms with Crippen molar-refractivity contribution in [3.05, 3.63) is 194 Å². The van der Waals surface area contributed by atoms with Gasteiger partial charge < -0.3 is 9.13 Å². The van der Waals surface area contributed by atoms with Crippen LogP contribution in [-0.2, 0) is 0 Å². The van der Waals surface area contributed by atoms with E-state index in [2.05, 4.69) is 203 Å². The average molecular weight is 637 g/mol. The van der Waals surface area contributed by atoms with Crippen LogP contribution in [0.3, 0.4) is 0 Å². The van der Waals surface area contributed by atoms with E-state index in [1.54, 1.807) is 0 Å². The van der Waals surface area contributed by atoms with E-state index in [0.29, 0.717) is 0 Å². The summed E-state index contributed by atoms with van der Waals surface area (Å²) in [6, 6.07) is 70.3. The Morgan fingerprint density at radius 3 is 1.56 bits per heavy atom. The van der Waals surface area contributed by atoms with Gasteiger partial charge >= 0.3 is 0 Å². The second-order valence-corrected chi connectivity index (χ2v) is 12.9. The number of nitrogens with zero attached hydrogens (tertiary/aromatic N) is 2. The molecule has 2 heteroatoms. The number of fused-ring (bicyclic) bond motifs is 6. The first-order valence-corrected chi connectivity index (χ1v) is 17.2. The lowest BCUT2D eigenvalue weighted by molar-refractivity contribution is 1.13. The number of para-hydroxylation sites is 3. The minimum atomic E-state index is 1.13. The van der Waals surface area contributed by atoms with Gasteiger partial charge in [0, 0.05) is 27.2 Å². The second kappa shape index (κ2) is 11.5. The van der Waals surface area contributed by atoms with Crippen LogP contribution in [0.25, 0.3) is 88.4 Å². The number of aromatic nitrogens is 2. The molecule has 50 heavy (non-hydrogen) atoms. The lowest BCUT2D eigenvalue weighted by atomic mass is 9.94. The second-order valence-electron chi connectivity index (χ2n) is 12.9. The van der Waals surface area contributed by atoms with Gasteiger partial charge in [-0.2, -0.15) is 0 Å². The van der Waals surface area contributed by atoms with Crippen molar-refractivity contribution in [3.8, 4) is 44.8 Å². The van der Waals surface area contributed by atoms with Crippen LogP contribution in [0.15, 0.2) is 194 Å².